The van der Waals surface area contributed by atoms with Crippen molar-refractivity contribution in [2.75, 3.05) is 0 Å². The van der Waals surface area contributed by atoms with Crippen molar-refractivity contribution in [2.45, 2.75) is 59.9 Å². The number of aromatic nitrogens is 1. The van der Waals surface area contributed by atoms with E-state index in [9.17, 15) is 0 Å². The van der Waals surface area contributed by atoms with E-state index in [0.717, 1.165) is 12.1 Å². The second-order valence-electron chi connectivity index (χ2n) is 6.84. The molecule has 0 unspecified atom stereocenters. The van der Waals surface area contributed by atoms with E-state index < -0.39 is 0 Å². The molecule has 0 saturated heterocycles. The quantitative estimate of drug-likeness (QED) is 0.911. The van der Waals surface area contributed by atoms with Gasteiger partial charge in [0.25, 0.3) is 0 Å². The highest BCUT2D eigenvalue weighted by molar-refractivity contribution is 7.11. The lowest BCUT2D eigenvalue weighted by Crippen LogP contribution is -2.12. The molecule has 1 heterocycles. The molecular weight excluding hydrogens is 276 g/mol. The number of nitrogens with zero attached hydrogens (tertiary/aromatic N) is 1. The van der Waals surface area contributed by atoms with Gasteiger partial charge >= 0.3 is 0 Å². The van der Waals surface area contributed by atoms with Crippen LogP contribution < -0.4 is 5.73 Å². The molecule has 0 radical (unpaired) electrons. The molecule has 0 aliphatic carbocycles. The highest BCUT2D eigenvalue weighted by Crippen LogP contribution is 2.29. The van der Waals surface area contributed by atoms with Crippen molar-refractivity contribution in [3.8, 4) is 0 Å². The van der Waals surface area contributed by atoms with Crippen LogP contribution in [0.1, 0.15) is 58.6 Å². The van der Waals surface area contributed by atoms with E-state index in [1.54, 1.807) is 11.3 Å². The molecule has 114 valence electrons. The molecule has 2 aromatic rings. The molecule has 2 rings (SSSR count). The normalized spacial score (nSPS) is 12.0. The SMILES string of the molecule is Cc1cc(C(C)(C)C)cc(C)c1Cc1nc(C)c(CN)s1. The molecule has 0 amide bonds. The zero-order chi connectivity index (χ0) is 15.8. The van der Waals surface area contributed by atoms with Crippen molar-refractivity contribution in [1.29, 1.82) is 0 Å². The Morgan fingerprint density at radius 2 is 1.67 bits per heavy atom. The van der Waals surface area contributed by atoms with Gasteiger partial charge in [0.1, 0.15) is 0 Å². The molecule has 21 heavy (non-hydrogen) atoms. The Labute approximate surface area is 132 Å². The number of nitrogens with two attached hydrogens (primary N) is 1. The lowest BCUT2D eigenvalue weighted by molar-refractivity contribution is 0.589. The maximum absolute atomic E-state index is 5.76. The number of rotatable bonds is 3. The van der Waals surface area contributed by atoms with Crippen molar-refractivity contribution in [3.05, 3.63) is 50.0 Å². The van der Waals surface area contributed by atoms with Gasteiger partial charge in [-0.1, -0.05) is 32.9 Å². The summed E-state index contributed by atoms with van der Waals surface area (Å²) in [7, 11) is 0. The van der Waals surface area contributed by atoms with E-state index in [0.29, 0.717) is 6.54 Å². The molecule has 3 heteroatoms. The van der Waals surface area contributed by atoms with Crippen LogP contribution in [0.25, 0.3) is 0 Å². The smallest absolute Gasteiger partial charge is 0.0975 e. The van der Waals surface area contributed by atoms with Crippen LogP contribution in [0.4, 0.5) is 0 Å². The minimum absolute atomic E-state index is 0.193. The molecule has 0 spiro atoms. The summed E-state index contributed by atoms with van der Waals surface area (Å²) >= 11 is 1.75. The number of hydrogen-bond donors (Lipinski definition) is 1. The van der Waals surface area contributed by atoms with E-state index in [1.807, 2.05) is 6.92 Å². The first-order chi connectivity index (χ1) is 9.72. The third kappa shape index (κ3) is 3.53. The molecule has 0 fully saturated rings. The first-order valence-electron chi connectivity index (χ1n) is 7.48. The van der Waals surface area contributed by atoms with E-state index in [2.05, 4.69) is 51.7 Å². The van der Waals surface area contributed by atoms with Gasteiger partial charge in [-0.25, -0.2) is 4.98 Å². The third-order valence-electron chi connectivity index (χ3n) is 4.01. The monoisotopic (exact) mass is 302 g/mol. The van der Waals surface area contributed by atoms with Gasteiger partial charge in [-0.2, -0.15) is 0 Å². The van der Waals surface area contributed by atoms with Crippen LogP contribution in [0.15, 0.2) is 12.1 Å². The number of aryl methyl sites for hydroxylation is 3. The fourth-order valence-corrected chi connectivity index (χ4v) is 3.57. The topological polar surface area (TPSA) is 38.9 Å². The van der Waals surface area contributed by atoms with Crippen molar-refractivity contribution in [3.63, 3.8) is 0 Å². The summed E-state index contributed by atoms with van der Waals surface area (Å²) in [5, 5.41) is 1.17. The minimum atomic E-state index is 0.193. The second-order valence-corrected chi connectivity index (χ2v) is 8.00. The van der Waals surface area contributed by atoms with E-state index >= 15 is 0 Å². The zero-order valence-electron chi connectivity index (χ0n) is 14.0. The highest BCUT2D eigenvalue weighted by Gasteiger charge is 2.17. The number of hydrogen-bond acceptors (Lipinski definition) is 3. The lowest BCUT2D eigenvalue weighted by Gasteiger charge is -2.22. The standard InChI is InChI=1S/C18H26N2S/c1-11-7-14(18(4,5)6)8-12(2)15(11)9-17-20-13(3)16(10-19)21-17/h7-8H,9-10,19H2,1-6H3. The largest absolute Gasteiger partial charge is 0.326 e. The average molecular weight is 302 g/mol. The molecule has 0 aliphatic heterocycles. The lowest BCUT2D eigenvalue weighted by atomic mass is 9.83. The highest BCUT2D eigenvalue weighted by atomic mass is 32.1. The van der Waals surface area contributed by atoms with E-state index in [-0.39, 0.29) is 5.41 Å². The molecule has 2 N–H and O–H groups in total. The molecule has 1 aromatic carbocycles. The summed E-state index contributed by atoms with van der Waals surface area (Å²) in [6, 6.07) is 4.65. The summed E-state index contributed by atoms with van der Waals surface area (Å²) in [5.74, 6) is 0. The van der Waals surface area contributed by atoms with Crippen LogP contribution in [0.3, 0.4) is 0 Å². The van der Waals surface area contributed by atoms with Gasteiger partial charge in [0.2, 0.25) is 0 Å². The summed E-state index contributed by atoms with van der Waals surface area (Å²) in [6.07, 6.45) is 0.910. The van der Waals surface area contributed by atoms with Gasteiger partial charge in [0, 0.05) is 17.8 Å². The number of thiazole rings is 1. The Kier molecular flexibility index (Phi) is 4.54. The van der Waals surface area contributed by atoms with Crippen molar-refractivity contribution in [1.82, 2.24) is 4.98 Å². The second kappa shape index (κ2) is 5.90. The Bertz CT molecular complexity index is 625. The first kappa shape index (κ1) is 16.2. The molecule has 1 aromatic heterocycles. The van der Waals surface area contributed by atoms with Gasteiger partial charge in [-0.3, -0.25) is 0 Å². The van der Waals surface area contributed by atoms with Gasteiger partial charge in [-0.05, 0) is 48.4 Å². The van der Waals surface area contributed by atoms with Crippen molar-refractivity contribution < 1.29 is 0 Å². The van der Waals surface area contributed by atoms with Crippen LogP contribution in [-0.4, -0.2) is 4.98 Å². The molecule has 2 nitrogen and oxygen atoms in total. The Balaban J connectivity index is 2.36. The van der Waals surface area contributed by atoms with E-state index in [4.69, 9.17) is 5.73 Å². The maximum atomic E-state index is 5.76. The molecule has 0 atom stereocenters. The summed E-state index contributed by atoms with van der Waals surface area (Å²) in [5.41, 5.74) is 12.6. The van der Waals surface area contributed by atoms with Crippen LogP contribution in [0, 0.1) is 20.8 Å². The Hall–Kier alpha value is -1.19. The predicted molar refractivity (Wildman–Crippen MR) is 92.2 cm³/mol. The van der Waals surface area contributed by atoms with Gasteiger partial charge < -0.3 is 5.73 Å². The summed E-state index contributed by atoms with van der Waals surface area (Å²) in [4.78, 5) is 5.87. The average Bonchev–Trinajstić information content (AvgIpc) is 2.72. The van der Waals surface area contributed by atoms with Gasteiger partial charge in [-0.15, -0.1) is 11.3 Å². The van der Waals surface area contributed by atoms with Gasteiger partial charge in [0.15, 0.2) is 0 Å². The molecule has 0 saturated carbocycles. The third-order valence-corrected chi connectivity index (χ3v) is 5.19. The number of benzene rings is 1. The fourth-order valence-electron chi connectivity index (χ4n) is 2.61. The molecule has 0 aliphatic rings. The first-order valence-corrected chi connectivity index (χ1v) is 8.30. The summed E-state index contributed by atoms with van der Waals surface area (Å²) in [6.45, 7) is 13.8. The maximum Gasteiger partial charge on any atom is 0.0975 e. The van der Waals surface area contributed by atoms with Crippen LogP contribution in [-0.2, 0) is 18.4 Å². The van der Waals surface area contributed by atoms with Crippen LogP contribution >= 0.6 is 11.3 Å². The predicted octanol–water partition coefficient (Wildman–Crippen LogP) is 4.42. The fraction of sp³-hybridized carbons (Fsp3) is 0.500. The van der Waals surface area contributed by atoms with Crippen molar-refractivity contribution >= 4 is 11.3 Å². The molecular formula is C18H26N2S. The summed E-state index contributed by atoms with van der Waals surface area (Å²) < 4.78 is 0. The van der Waals surface area contributed by atoms with Crippen LogP contribution in [0.5, 0.6) is 0 Å². The van der Waals surface area contributed by atoms with Gasteiger partial charge in [0.05, 0.1) is 10.7 Å². The molecule has 0 bridgehead atoms. The minimum Gasteiger partial charge on any atom is -0.326 e. The van der Waals surface area contributed by atoms with Crippen LogP contribution in [0.2, 0.25) is 0 Å². The van der Waals surface area contributed by atoms with Crippen molar-refractivity contribution in [2.24, 2.45) is 5.73 Å². The van der Waals surface area contributed by atoms with E-state index in [1.165, 1.54) is 32.1 Å². The Morgan fingerprint density at radius 1 is 1.10 bits per heavy atom. The Morgan fingerprint density at radius 3 is 2.10 bits per heavy atom. The zero-order valence-corrected chi connectivity index (χ0v) is 14.8.